The molecule has 0 saturated heterocycles. The fourth-order valence-electron chi connectivity index (χ4n) is 4.87. The highest BCUT2D eigenvalue weighted by Crippen LogP contribution is 2.33. The van der Waals surface area contributed by atoms with E-state index in [2.05, 4.69) is 4.68 Å². The molecule has 3 aromatic rings. The molecule has 7 heteroatoms. The quantitative estimate of drug-likeness (QED) is 0.416. The second-order valence-corrected chi connectivity index (χ2v) is 8.83. The summed E-state index contributed by atoms with van der Waals surface area (Å²) in [5.74, 6) is -0.428. The van der Waals surface area contributed by atoms with E-state index in [-0.39, 0.29) is 0 Å². The van der Waals surface area contributed by atoms with Gasteiger partial charge in [0.25, 0.3) is 0 Å². The first-order valence-electron chi connectivity index (χ1n) is 12.0. The summed E-state index contributed by atoms with van der Waals surface area (Å²) in [5, 5.41) is 14.4. The molecule has 0 spiro atoms. The van der Waals surface area contributed by atoms with Crippen LogP contribution in [0.4, 0.5) is 0 Å². The zero-order chi connectivity index (χ0) is 24.1. The molecule has 0 bridgehead atoms. The molecule has 1 aromatic heterocycles. The lowest BCUT2D eigenvalue weighted by Gasteiger charge is -2.26. The van der Waals surface area contributed by atoms with Gasteiger partial charge in [0.1, 0.15) is 5.82 Å². The van der Waals surface area contributed by atoms with Gasteiger partial charge < -0.3 is 14.6 Å². The van der Waals surface area contributed by atoms with E-state index >= 15 is 0 Å². The number of rotatable bonds is 9. The van der Waals surface area contributed by atoms with Crippen LogP contribution in [0.5, 0.6) is 0 Å². The Morgan fingerprint density at radius 1 is 1.06 bits per heavy atom. The predicted octanol–water partition coefficient (Wildman–Crippen LogP) is 5.59. The summed E-state index contributed by atoms with van der Waals surface area (Å²) in [6.45, 7) is 2.00. The van der Waals surface area contributed by atoms with E-state index < -0.39 is 11.8 Å². The molecule has 7 nitrogen and oxygen atoms in total. The highest BCUT2D eigenvalue weighted by molar-refractivity contribution is 5.95. The Morgan fingerprint density at radius 2 is 1.74 bits per heavy atom. The van der Waals surface area contributed by atoms with Crippen molar-refractivity contribution in [3.63, 3.8) is 0 Å². The number of ether oxygens (including phenoxy) is 2. The molecule has 2 aromatic carbocycles. The Balaban J connectivity index is 1.66. The molecule has 180 valence electrons. The predicted molar refractivity (Wildman–Crippen MR) is 130 cm³/mol. The van der Waals surface area contributed by atoms with E-state index in [1.807, 2.05) is 43.3 Å². The van der Waals surface area contributed by atoms with Gasteiger partial charge in [-0.15, -0.1) is 5.10 Å². The Kier molecular flexibility index (Phi) is 7.44. The zero-order valence-corrected chi connectivity index (χ0v) is 20.2. The third-order valence-corrected chi connectivity index (χ3v) is 6.87. The van der Waals surface area contributed by atoms with E-state index in [0.29, 0.717) is 35.8 Å². The van der Waals surface area contributed by atoms with E-state index in [0.717, 1.165) is 29.8 Å². The van der Waals surface area contributed by atoms with Crippen molar-refractivity contribution in [2.24, 2.45) is 0 Å². The Labute approximate surface area is 200 Å². The highest BCUT2D eigenvalue weighted by atomic mass is 16.7. The second kappa shape index (κ2) is 10.5. The van der Waals surface area contributed by atoms with E-state index in [9.17, 15) is 9.90 Å². The van der Waals surface area contributed by atoms with Crippen LogP contribution in [0.15, 0.2) is 48.5 Å². The number of carboxylic acid groups (broad SMARTS) is 1. The molecule has 0 radical (unpaired) electrons. The summed E-state index contributed by atoms with van der Waals surface area (Å²) >= 11 is 0. The maximum atomic E-state index is 11.6. The monoisotopic (exact) mass is 463 g/mol. The number of benzene rings is 2. The molecular weight excluding hydrogens is 430 g/mol. The maximum absolute atomic E-state index is 11.6. The van der Waals surface area contributed by atoms with E-state index in [1.54, 1.807) is 26.4 Å². The lowest BCUT2D eigenvalue weighted by molar-refractivity contribution is -0.222. The van der Waals surface area contributed by atoms with Crippen LogP contribution in [0.25, 0.3) is 11.1 Å². The molecule has 0 aliphatic heterocycles. The minimum absolute atomic E-state index is 0.298. The standard InChI is InChI=1S/C27H33N3O4/c1-4-27(33-2,34-3)26-28-24(30(29-26)21-10-6-5-7-11-21)18-19-14-16-20(17-15-19)22-12-8-9-13-23(22)25(31)32/h8-9,12-17,21H,4-7,10-11,18H2,1-3H3,(H,31,32). The summed E-state index contributed by atoms with van der Waals surface area (Å²) in [6.07, 6.45) is 7.08. The normalized spacial score (nSPS) is 14.9. The molecule has 4 rings (SSSR count). The maximum Gasteiger partial charge on any atom is 0.336 e. The van der Waals surface area contributed by atoms with Gasteiger partial charge in [-0.3, -0.25) is 0 Å². The van der Waals surface area contributed by atoms with Gasteiger partial charge in [-0.1, -0.05) is 68.7 Å². The second-order valence-electron chi connectivity index (χ2n) is 8.83. The first-order chi connectivity index (χ1) is 16.5. The Bertz CT molecular complexity index is 1100. The number of hydrogen-bond acceptors (Lipinski definition) is 5. The Morgan fingerprint density at radius 3 is 2.35 bits per heavy atom. The van der Waals surface area contributed by atoms with Gasteiger partial charge >= 0.3 is 5.97 Å². The molecule has 1 fully saturated rings. The number of methoxy groups -OCH3 is 2. The van der Waals surface area contributed by atoms with Crippen LogP contribution in [0, 0.1) is 0 Å². The van der Waals surface area contributed by atoms with Gasteiger partial charge in [-0.2, -0.15) is 0 Å². The van der Waals surface area contributed by atoms with Gasteiger partial charge in [0, 0.05) is 27.1 Å². The van der Waals surface area contributed by atoms with Crippen molar-refractivity contribution in [3.05, 3.63) is 71.3 Å². The van der Waals surface area contributed by atoms with Crippen molar-refractivity contribution >= 4 is 5.97 Å². The average Bonchev–Trinajstić information content (AvgIpc) is 3.30. The van der Waals surface area contributed by atoms with Crippen molar-refractivity contribution in [2.75, 3.05) is 14.2 Å². The SMILES string of the molecule is CCC(OC)(OC)c1nc(Cc2ccc(-c3ccccc3C(=O)O)cc2)n(C2CCCCC2)n1. The molecule has 0 unspecified atom stereocenters. The first kappa shape index (κ1) is 24.1. The summed E-state index contributed by atoms with van der Waals surface area (Å²) in [7, 11) is 3.25. The number of hydrogen-bond donors (Lipinski definition) is 1. The van der Waals surface area contributed by atoms with Gasteiger partial charge in [-0.25, -0.2) is 14.5 Å². The third-order valence-electron chi connectivity index (χ3n) is 6.87. The largest absolute Gasteiger partial charge is 0.478 e. The van der Waals surface area contributed by atoms with E-state index in [1.165, 1.54) is 19.3 Å². The zero-order valence-electron chi connectivity index (χ0n) is 20.2. The summed E-state index contributed by atoms with van der Waals surface area (Å²) < 4.78 is 13.5. The number of aromatic carboxylic acids is 1. The third kappa shape index (κ3) is 4.76. The molecule has 1 heterocycles. The van der Waals surface area contributed by atoms with Crippen molar-refractivity contribution in [3.8, 4) is 11.1 Å². The topological polar surface area (TPSA) is 86.5 Å². The number of aromatic nitrogens is 3. The van der Waals surface area contributed by atoms with Gasteiger partial charge in [0.15, 0.2) is 0 Å². The van der Waals surface area contributed by atoms with Crippen molar-refractivity contribution < 1.29 is 19.4 Å². The summed E-state index contributed by atoms with van der Waals surface area (Å²) in [5.41, 5.74) is 2.97. The fraction of sp³-hybridized carbons (Fsp3) is 0.444. The molecule has 0 atom stereocenters. The number of carboxylic acids is 1. The van der Waals surface area contributed by atoms with Crippen LogP contribution in [0.1, 0.15) is 79.1 Å². The molecule has 1 aliphatic rings. The average molecular weight is 464 g/mol. The van der Waals surface area contributed by atoms with Crippen LogP contribution >= 0.6 is 0 Å². The number of carbonyl (C=O) groups is 1. The summed E-state index contributed by atoms with van der Waals surface area (Å²) in [6, 6.07) is 15.4. The first-order valence-corrected chi connectivity index (χ1v) is 12.0. The van der Waals surface area contributed by atoms with Crippen molar-refractivity contribution in [2.45, 2.75) is 63.7 Å². The van der Waals surface area contributed by atoms with Gasteiger partial charge in [-0.05, 0) is 35.6 Å². The molecule has 1 saturated carbocycles. The lowest BCUT2D eigenvalue weighted by atomic mass is 9.95. The molecule has 1 aliphatic carbocycles. The highest BCUT2D eigenvalue weighted by Gasteiger charge is 2.36. The minimum Gasteiger partial charge on any atom is -0.478 e. The van der Waals surface area contributed by atoms with Crippen LogP contribution in [0.2, 0.25) is 0 Å². The molecule has 34 heavy (non-hydrogen) atoms. The van der Waals surface area contributed by atoms with Gasteiger partial charge in [0.2, 0.25) is 11.6 Å². The van der Waals surface area contributed by atoms with Crippen molar-refractivity contribution in [1.29, 1.82) is 0 Å². The molecule has 1 N–H and O–H groups in total. The molecule has 0 amide bonds. The van der Waals surface area contributed by atoms with E-state index in [4.69, 9.17) is 19.6 Å². The van der Waals surface area contributed by atoms with Crippen LogP contribution < -0.4 is 0 Å². The van der Waals surface area contributed by atoms with Gasteiger partial charge in [0.05, 0.1) is 11.6 Å². The number of nitrogens with zero attached hydrogens (tertiary/aromatic N) is 3. The molecular formula is C27H33N3O4. The Hall–Kier alpha value is -3.03. The summed E-state index contributed by atoms with van der Waals surface area (Å²) in [4.78, 5) is 16.5. The minimum atomic E-state index is -0.959. The lowest BCUT2D eigenvalue weighted by Crippen LogP contribution is -2.31. The van der Waals surface area contributed by atoms with Crippen LogP contribution in [-0.2, 0) is 21.7 Å². The smallest absolute Gasteiger partial charge is 0.336 e. The van der Waals surface area contributed by atoms with Crippen molar-refractivity contribution in [1.82, 2.24) is 14.8 Å². The van der Waals surface area contributed by atoms with Crippen LogP contribution in [-0.4, -0.2) is 40.1 Å². The van der Waals surface area contributed by atoms with Crippen LogP contribution in [0.3, 0.4) is 0 Å². The fourth-order valence-corrected chi connectivity index (χ4v) is 4.87.